The maximum atomic E-state index is 15.2. The van der Waals surface area contributed by atoms with Gasteiger partial charge in [-0.25, -0.2) is 4.98 Å². The van der Waals surface area contributed by atoms with Gasteiger partial charge in [-0.2, -0.15) is 64.7 Å². The number of likely N-dealkylation sites (N-methyl/N-ethyl adjacent to an activating group) is 1. The number of nitrogens with one attached hydrogen (secondary N) is 4. The number of halogens is 1. The molecule has 0 spiro atoms. The number of rotatable bonds is 32. The molecule has 6 N–H and O–H groups in total. The lowest BCUT2D eigenvalue weighted by Crippen LogP contribution is -2.44. The number of anilines is 8. The zero-order valence-corrected chi connectivity index (χ0v) is 72.2. The molecular formula is C94H108FN25O7. The molecular weight excluding hydrogens is 1610 g/mol. The number of hydrazone groups is 4. The molecule has 0 bridgehead atoms. The Labute approximate surface area is 739 Å². The summed E-state index contributed by atoms with van der Waals surface area (Å²) in [5.41, 5.74) is 30.9. The monoisotopic (exact) mass is 1720 g/mol. The van der Waals surface area contributed by atoms with E-state index in [2.05, 4.69) is 168 Å². The molecule has 12 aromatic rings. The predicted octanol–water partition coefficient (Wildman–Crippen LogP) is 13.0. The van der Waals surface area contributed by atoms with Crippen molar-refractivity contribution >= 4 is 71.4 Å². The van der Waals surface area contributed by atoms with Crippen LogP contribution in [0.15, 0.2) is 227 Å². The van der Waals surface area contributed by atoms with Crippen LogP contribution in [0.25, 0.3) is 0 Å². The number of piperazine rings is 1. The van der Waals surface area contributed by atoms with E-state index in [-0.39, 0.29) is 17.6 Å². The Morgan fingerprint density at radius 1 is 0.402 bits per heavy atom. The van der Waals surface area contributed by atoms with Gasteiger partial charge in [0.05, 0.1) is 83.4 Å². The van der Waals surface area contributed by atoms with Crippen LogP contribution in [-0.4, -0.2) is 215 Å². The number of pyridine rings is 4. The number of aromatic nitrogens is 12. The van der Waals surface area contributed by atoms with E-state index >= 15 is 4.39 Å². The van der Waals surface area contributed by atoms with E-state index in [1.165, 1.54) is 16.7 Å². The maximum absolute atomic E-state index is 15.2. The van der Waals surface area contributed by atoms with E-state index < -0.39 is 5.82 Å². The summed E-state index contributed by atoms with van der Waals surface area (Å²) in [6, 6.07) is 60.2. The van der Waals surface area contributed by atoms with E-state index in [0.717, 1.165) is 133 Å². The molecule has 8 aromatic heterocycles. The van der Waals surface area contributed by atoms with Crippen molar-refractivity contribution in [2.75, 3.05) is 168 Å². The largest absolute Gasteiger partial charge is 0.463 e. The van der Waals surface area contributed by atoms with Gasteiger partial charge in [-0.15, -0.1) is 0 Å². The van der Waals surface area contributed by atoms with E-state index in [1.807, 2.05) is 164 Å². The lowest BCUT2D eigenvalue weighted by atomic mass is 9.96. The number of morpholine rings is 2. The standard InChI is InChI=1S/C24H29N7O.C24H27N5O2.C23H25FN6O2.C23H27N7O2/c1-19-6-5-7-20(16-19)18-26-29-22-17-23(31-13-11-30(2)12-14-31)28-24(27-22)32-15-9-21-8-3-4-10-25-21;1-18-5-4-6-19(15-18)17-26-29-23-16-22(20-8-12-30-13-9-20)27-24(28-23)31-14-10-21-7-2-3-11-25-21;1-17-5-4-6-18(15-17)16-26-29-21-20(24)22(30-10-13-31-14-11-30)28-23(27-21)32-12-8-19-7-2-3-9-25-19;1-17-3-2-4-19(13-17)16-26-29-21-14-22(30-8-11-31-12-9-30)28-23(27-21)32-10-7-18-5-6-20(24)25-15-18/h3-8,10,16-18H,9,11-15H2,1-2H3,(H,27,28,29);2-7,11,15-17,20H,8-10,12-14H2,1H3,(H,27,28,29);2-7,9,15-16H,8,10-14H2,1H3,(H,27,28,29);2-6,13-16H,7-12H2,1H3,(H2,24,25)(H,27,28,29)/b26-18+;26-17+;2*26-16+. The smallest absolute Gasteiger partial charge is 0.320 e. The summed E-state index contributed by atoms with van der Waals surface area (Å²) < 4.78 is 54.9. The molecule has 4 saturated heterocycles. The van der Waals surface area contributed by atoms with Crippen molar-refractivity contribution in [2.45, 2.75) is 72.1 Å². The van der Waals surface area contributed by atoms with Crippen LogP contribution in [0.2, 0.25) is 0 Å². The minimum atomic E-state index is -0.578. The number of nitrogens with two attached hydrogens (primary N) is 1. The molecule has 0 saturated carbocycles. The van der Waals surface area contributed by atoms with Crippen molar-refractivity contribution in [1.29, 1.82) is 0 Å². The molecule has 127 heavy (non-hydrogen) atoms. The molecule has 0 atom stereocenters. The Hall–Kier alpha value is -14.2. The second kappa shape index (κ2) is 48.8. The fourth-order valence-corrected chi connectivity index (χ4v) is 13.4. The molecule has 12 heterocycles. The number of ether oxygens (including phenoxy) is 7. The van der Waals surface area contributed by atoms with Gasteiger partial charge in [0.2, 0.25) is 5.82 Å². The van der Waals surface area contributed by atoms with Gasteiger partial charge in [0.1, 0.15) is 17.5 Å². The van der Waals surface area contributed by atoms with Gasteiger partial charge in [-0.3, -0.25) is 36.7 Å². The van der Waals surface area contributed by atoms with Gasteiger partial charge < -0.3 is 58.5 Å². The van der Waals surface area contributed by atoms with Gasteiger partial charge in [0.25, 0.3) is 0 Å². The van der Waals surface area contributed by atoms with Gasteiger partial charge in [-0.05, 0) is 118 Å². The third-order valence-corrected chi connectivity index (χ3v) is 20.2. The molecule has 33 heteroatoms. The SMILES string of the molecule is Cc1cccc(/C=N/Nc2cc(C3CCOCC3)nc(OCCc3ccccn3)n2)c1.Cc1cccc(/C=N/Nc2cc(N3CCN(C)CC3)nc(OCCc3ccccn3)n2)c1.Cc1cccc(/C=N/Nc2cc(N3CCOCC3)nc(OCCc3ccc(N)nc3)n2)c1.Cc1cccc(/C=N/Nc2nc(OCCc3ccccn3)nc(N3CCOCC3)c2F)c1. The van der Waals surface area contributed by atoms with E-state index in [4.69, 9.17) is 38.9 Å². The molecule has 0 radical (unpaired) electrons. The summed E-state index contributed by atoms with van der Waals surface area (Å²) in [5.74, 6) is 3.78. The minimum absolute atomic E-state index is 0.0433. The molecule has 4 aliphatic heterocycles. The number of hydrogen-bond donors (Lipinski definition) is 5. The fraction of sp³-hybridized carbons (Fsp3) is 0.319. The molecule has 0 unspecified atom stereocenters. The lowest BCUT2D eigenvalue weighted by molar-refractivity contribution is 0.0843. The average Bonchev–Trinajstić information content (AvgIpc) is 0.821. The molecule has 32 nitrogen and oxygen atoms in total. The summed E-state index contributed by atoms with van der Waals surface area (Å²) in [6.45, 7) is 20.1. The highest BCUT2D eigenvalue weighted by Gasteiger charge is 2.25. The van der Waals surface area contributed by atoms with Crippen LogP contribution in [0, 0.1) is 33.5 Å². The highest BCUT2D eigenvalue weighted by Crippen LogP contribution is 2.31. The van der Waals surface area contributed by atoms with Crippen molar-refractivity contribution in [3.8, 4) is 24.0 Å². The number of hydrogen-bond acceptors (Lipinski definition) is 32. The van der Waals surface area contributed by atoms with Crippen LogP contribution in [0.1, 0.15) is 91.6 Å². The van der Waals surface area contributed by atoms with E-state index in [0.29, 0.717) is 139 Å². The van der Waals surface area contributed by atoms with Gasteiger partial charge in [-0.1, -0.05) is 144 Å². The molecule has 0 aliphatic carbocycles. The quantitative estimate of drug-likeness (QED) is 0.0193. The van der Waals surface area contributed by atoms with Crippen LogP contribution in [0.4, 0.5) is 50.9 Å². The molecule has 4 aromatic carbocycles. The summed E-state index contributed by atoms with van der Waals surface area (Å²) in [4.78, 5) is 61.5. The summed E-state index contributed by atoms with van der Waals surface area (Å²) in [5, 5.41) is 17.2. The average molecular weight is 1720 g/mol. The Bertz CT molecular complexity index is 5500. The Morgan fingerprint density at radius 3 is 1.23 bits per heavy atom. The van der Waals surface area contributed by atoms with Crippen molar-refractivity contribution in [3.05, 3.63) is 285 Å². The van der Waals surface area contributed by atoms with Gasteiger partial charge >= 0.3 is 24.0 Å². The first-order valence-electron chi connectivity index (χ1n) is 42.5. The summed E-state index contributed by atoms with van der Waals surface area (Å²) in [6.07, 6.45) is 18.5. The van der Waals surface area contributed by atoms with Crippen LogP contribution < -0.4 is 61.1 Å². The second-order valence-electron chi connectivity index (χ2n) is 30.2. The van der Waals surface area contributed by atoms with Crippen LogP contribution >= 0.6 is 0 Å². The Morgan fingerprint density at radius 2 is 0.803 bits per heavy atom. The molecule has 16 rings (SSSR count). The summed E-state index contributed by atoms with van der Waals surface area (Å²) >= 11 is 0. The molecule has 0 amide bonds. The lowest BCUT2D eigenvalue weighted by Gasteiger charge is -2.33. The van der Waals surface area contributed by atoms with Crippen molar-refractivity contribution in [2.24, 2.45) is 20.4 Å². The maximum Gasteiger partial charge on any atom is 0.320 e. The number of aryl methyl sites for hydroxylation is 4. The Balaban J connectivity index is 0.000000145. The zero-order chi connectivity index (χ0) is 87.8. The first kappa shape index (κ1) is 90.6. The fourth-order valence-electron chi connectivity index (χ4n) is 13.4. The number of nitrogens with zero attached hydrogens (tertiary/aromatic N) is 20. The van der Waals surface area contributed by atoms with Crippen molar-refractivity contribution in [1.82, 2.24) is 64.7 Å². The van der Waals surface area contributed by atoms with Crippen LogP contribution in [0.5, 0.6) is 24.0 Å². The second-order valence-corrected chi connectivity index (χ2v) is 30.2. The molecule has 658 valence electrons. The molecule has 4 fully saturated rings. The normalized spacial score (nSPS) is 14.3. The van der Waals surface area contributed by atoms with E-state index in [9.17, 15) is 0 Å². The van der Waals surface area contributed by atoms with Crippen molar-refractivity contribution < 1.29 is 37.5 Å². The third kappa shape index (κ3) is 30.6. The van der Waals surface area contributed by atoms with Gasteiger partial charge in [0.15, 0.2) is 29.1 Å². The minimum Gasteiger partial charge on any atom is -0.463 e. The predicted molar refractivity (Wildman–Crippen MR) is 494 cm³/mol. The summed E-state index contributed by atoms with van der Waals surface area (Å²) in [7, 11) is 2.14. The third-order valence-electron chi connectivity index (χ3n) is 20.2. The van der Waals surface area contributed by atoms with Gasteiger partial charge in [0, 0.05) is 157 Å². The van der Waals surface area contributed by atoms with Crippen LogP contribution in [-0.2, 0) is 39.9 Å². The number of nitrogen functional groups attached to an aromatic ring is 1. The highest BCUT2D eigenvalue weighted by molar-refractivity contribution is 5.82. The first-order chi connectivity index (χ1) is 62.3. The topological polar surface area (TPSA) is 356 Å². The van der Waals surface area contributed by atoms with E-state index in [1.54, 1.807) is 55.7 Å². The first-order valence-corrected chi connectivity index (χ1v) is 42.5. The Kier molecular flexibility index (Phi) is 34.8. The zero-order valence-electron chi connectivity index (χ0n) is 72.2. The highest BCUT2D eigenvalue weighted by atomic mass is 19.1. The number of benzene rings is 4. The molecule has 4 aliphatic rings. The van der Waals surface area contributed by atoms with Crippen molar-refractivity contribution in [3.63, 3.8) is 0 Å². The van der Waals surface area contributed by atoms with Crippen LogP contribution in [0.3, 0.4) is 0 Å².